The van der Waals surface area contributed by atoms with Crippen LogP contribution in [0.5, 0.6) is 5.88 Å². The highest BCUT2D eigenvalue weighted by atomic mass is 16.6. The number of carbonyl (C=O) groups is 2. The van der Waals surface area contributed by atoms with E-state index in [1.54, 1.807) is 0 Å². The van der Waals surface area contributed by atoms with Gasteiger partial charge in [0.2, 0.25) is 11.8 Å². The molecule has 1 aromatic heterocycles. The summed E-state index contributed by atoms with van der Waals surface area (Å²) in [6.45, 7) is 8.58. The number of fused-ring (bicyclic) bond motifs is 1. The number of hydrogen-bond donors (Lipinski definition) is 1. The molecule has 8 heteroatoms. The molecule has 0 spiro atoms. The lowest BCUT2D eigenvalue weighted by molar-refractivity contribution is -0.114. The minimum absolute atomic E-state index is 0.0860. The number of aromatic nitrogens is 2. The molecule has 1 aromatic carbocycles. The smallest absolute Gasteiger partial charge is 0.410 e. The number of amides is 2. The zero-order chi connectivity index (χ0) is 22.9. The molecule has 2 fully saturated rings. The summed E-state index contributed by atoms with van der Waals surface area (Å²) < 4.78 is 11.6. The molecule has 1 aliphatic carbocycles. The van der Waals surface area contributed by atoms with E-state index >= 15 is 0 Å². The molecule has 8 nitrogen and oxygen atoms in total. The average molecular weight is 439 g/mol. The third kappa shape index (κ3) is 5.36. The normalized spacial score (nSPS) is 22.4. The molecule has 3 atom stereocenters. The first-order valence-electron chi connectivity index (χ1n) is 11.0. The van der Waals surface area contributed by atoms with Gasteiger partial charge in [-0.05, 0) is 63.6 Å². The molecular weight excluding hydrogens is 408 g/mol. The summed E-state index contributed by atoms with van der Waals surface area (Å²) in [5, 5.41) is 11.3. The van der Waals surface area contributed by atoms with Crippen molar-refractivity contribution in [2.45, 2.75) is 52.2 Å². The van der Waals surface area contributed by atoms with Gasteiger partial charge in [-0.3, -0.25) is 4.79 Å². The molecule has 170 valence electrons. The monoisotopic (exact) mass is 438 g/mol. The van der Waals surface area contributed by atoms with Gasteiger partial charge in [0.25, 0.3) is 0 Å². The number of hydrogen-bond acceptors (Lipinski definition) is 6. The van der Waals surface area contributed by atoms with Crippen molar-refractivity contribution in [3.8, 4) is 17.1 Å². The van der Waals surface area contributed by atoms with Gasteiger partial charge in [-0.15, -0.1) is 10.2 Å². The van der Waals surface area contributed by atoms with Gasteiger partial charge in [-0.2, -0.15) is 0 Å². The lowest BCUT2D eigenvalue weighted by Crippen LogP contribution is -2.36. The molecule has 2 amide bonds. The standard InChI is InChI=1S/C24H30N4O4/c1-15(29)25-19-7-5-16(6-8-19)21-9-10-22(27-26-21)31-20-11-17-13-28(14-18(17)12-20)23(30)32-24(2,3)4/h5-10,17-18,20H,11-14H2,1-4H3,(H,25,29)/t17-,18?,20?/m1/s1. The highest BCUT2D eigenvalue weighted by Gasteiger charge is 2.44. The van der Waals surface area contributed by atoms with E-state index in [2.05, 4.69) is 15.5 Å². The Morgan fingerprint density at radius 1 is 1.00 bits per heavy atom. The number of anilines is 1. The minimum Gasteiger partial charge on any atom is -0.473 e. The third-order valence-electron chi connectivity index (χ3n) is 5.79. The van der Waals surface area contributed by atoms with Crippen LogP contribution in [-0.4, -0.2) is 51.9 Å². The summed E-state index contributed by atoms with van der Waals surface area (Å²) >= 11 is 0. The fourth-order valence-corrected chi connectivity index (χ4v) is 4.45. The van der Waals surface area contributed by atoms with Gasteiger partial charge >= 0.3 is 6.09 Å². The summed E-state index contributed by atoms with van der Waals surface area (Å²) in [6, 6.07) is 11.2. The summed E-state index contributed by atoms with van der Waals surface area (Å²) in [5.74, 6) is 1.27. The Morgan fingerprint density at radius 2 is 1.66 bits per heavy atom. The van der Waals surface area contributed by atoms with Crippen molar-refractivity contribution in [3.63, 3.8) is 0 Å². The summed E-state index contributed by atoms with van der Waals surface area (Å²) in [5.41, 5.74) is 1.92. The van der Waals surface area contributed by atoms with E-state index in [9.17, 15) is 9.59 Å². The minimum atomic E-state index is -0.473. The molecule has 1 saturated heterocycles. The van der Waals surface area contributed by atoms with Gasteiger partial charge < -0.3 is 19.7 Å². The number of rotatable bonds is 4. The maximum atomic E-state index is 12.3. The first-order valence-corrected chi connectivity index (χ1v) is 11.0. The van der Waals surface area contributed by atoms with E-state index in [4.69, 9.17) is 9.47 Å². The number of carbonyl (C=O) groups excluding carboxylic acids is 2. The van der Waals surface area contributed by atoms with Crippen molar-refractivity contribution in [2.24, 2.45) is 11.8 Å². The van der Waals surface area contributed by atoms with Gasteiger partial charge in [-0.1, -0.05) is 12.1 Å². The Morgan fingerprint density at radius 3 is 2.19 bits per heavy atom. The zero-order valence-electron chi connectivity index (χ0n) is 19.0. The van der Waals surface area contributed by atoms with Gasteiger partial charge in [0.05, 0.1) is 5.69 Å². The highest BCUT2D eigenvalue weighted by molar-refractivity contribution is 5.88. The van der Waals surface area contributed by atoms with Crippen LogP contribution in [0.1, 0.15) is 40.5 Å². The van der Waals surface area contributed by atoms with Crippen LogP contribution in [0.25, 0.3) is 11.3 Å². The van der Waals surface area contributed by atoms with Crippen LogP contribution in [-0.2, 0) is 9.53 Å². The van der Waals surface area contributed by atoms with Crippen LogP contribution < -0.4 is 10.1 Å². The first-order chi connectivity index (χ1) is 15.2. The fourth-order valence-electron chi connectivity index (χ4n) is 4.45. The Bertz CT molecular complexity index is 955. The highest BCUT2D eigenvalue weighted by Crippen LogP contribution is 2.40. The van der Waals surface area contributed by atoms with Gasteiger partial charge in [0.15, 0.2) is 0 Å². The number of ether oxygens (including phenoxy) is 2. The Kier molecular flexibility index (Phi) is 6.04. The van der Waals surface area contributed by atoms with Gasteiger partial charge in [0.1, 0.15) is 11.7 Å². The molecule has 1 aliphatic heterocycles. The van der Waals surface area contributed by atoms with Crippen LogP contribution in [0.3, 0.4) is 0 Å². The molecule has 32 heavy (non-hydrogen) atoms. The Labute approximate surface area is 188 Å². The lowest BCUT2D eigenvalue weighted by atomic mass is 10.0. The van der Waals surface area contributed by atoms with Crippen molar-refractivity contribution in [3.05, 3.63) is 36.4 Å². The van der Waals surface area contributed by atoms with Crippen LogP contribution in [0.15, 0.2) is 36.4 Å². The van der Waals surface area contributed by atoms with Crippen molar-refractivity contribution in [2.75, 3.05) is 18.4 Å². The third-order valence-corrected chi connectivity index (χ3v) is 5.79. The van der Waals surface area contributed by atoms with E-state index in [0.717, 1.165) is 42.9 Å². The van der Waals surface area contributed by atoms with Crippen molar-refractivity contribution < 1.29 is 19.1 Å². The molecule has 1 saturated carbocycles. The molecule has 2 aromatic rings. The number of likely N-dealkylation sites (tertiary alicyclic amines) is 1. The summed E-state index contributed by atoms with van der Waals surface area (Å²) in [7, 11) is 0. The second kappa shape index (κ2) is 8.76. The van der Waals surface area contributed by atoms with Crippen LogP contribution >= 0.6 is 0 Å². The van der Waals surface area contributed by atoms with E-state index in [1.165, 1.54) is 6.92 Å². The Hall–Kier alpha value is -3.16. The maximum absolute atomic E-state index is 12.3. The predicted octanol–water partition coefficient (Wildman–Crippen LogP) is 4.13. The van der Waals surface area contributed by atoms with E-state index in [0.29, 0.717) is 17.7 Å². The zero-order valence-corrected chi connectivity index (χ0v) is 19.0. The average Bonchev–Trinajstić information content (AvgIpc) is 3.26. The van der Waals surface area contributed by atoms with E-state index in [-0.39, 0.29) is 18.1 Å². The van der Waals surface area contributed by atoms with Crippen molar-refractivity contribution in [1.29, 1.82) is 0 Å². The topological polar surface area (TPSA) is 93.7 Å². The van der Waals surface area contributed by atoms with Crippen molar-refractivity contribution >= 4 is 17.7 Å². The molecule has 1 N–H and O–H groups in total. The summed E-state index contributed by atoms with van der Waals surface area (Å²) in [4.78, 5) is 25.3. The molecule has 0 bridgehead atoms. The van der Waals surface area contributed by atoms with Crippen LogP contribution in [0.2, 0.25) is 0 Å². The van der Waals surface area contributed by atoms with Gasteiger partial charge in [-0.25, -0.2) is 4.79 Å². The molecule has 4 rings (SSSR count). The molecule has 2 aliphatic rings. The molecule has 2 unspecified atom stereocenters. The summed E-state index contributed by atoms with van der Waals surface area (Å²) in [6.07, 6.45) is 1.66. The molecular formula is C24H30N4O4. The number of nitrogens with zero attached hydrogens (tertiary/aromatic N) is 3. The maximum Gasteiger partial charge on any atom is 0.410 e. The second-order valence-electron chi connectivity index (χ2n) is 9.63. The lowest BCUT2D eigenvalue weighted by Gasteiger charge is -2.25. The first kappa shape index (κ1) is 22.0. The van der Waals surface area contributed by atoms with E-state index in [1.807, 2.05) is 62.1 Å². The second-order valence-corrected chi connectivity index (χ2v) is 9.63. The largest absolute Gasteiger partial charge is 0.473 e. The fraction of sp³-hybridized carbons (Fsp3) is 0.500. The SMILES string of the molecule is CC(=O)Nc1ccc(-c2ccc(OC3CC4CN(C(=O)OC(C)(C)C)C[C@H]4C3)nn2)cc1. The number of benzene rings is 1. The van der Waals surface area contributed by atoms with E-state index < -0.39 is 5.60 Å². The van der Waals surface area contributed by atoms with Crippen LogP contribution in [0.4, 0.5) is 10.5 Å². The van der Waals surface area contributed by atoms with Crippen LogP contribution in [0, 0.1) is 11.8 Å². The van der Waals surface area contributed by atoms with Gasteiger partial charge in [0, 0.05) is 37.3 Å². The quantitative estimate of drug-likeness (QED) is 0.772. The molecule has 0 radical (unpaired) electrons. The Balaban J connectivity index is 1.29. The molecule has 2 heterocycles. The van der Waals surface area contributed by atoms with Crippen molar-refractivity contribution in [1.82, 2.24) is 15.1 Å². The predicted molar refractivity (Wildman–Crippen MR) is 120 cm³/mol. The number of nitrogens with one attached hydrogen (secondary N) is 1.